The van der Waals surface area contributed by atoms with Gasteiger partial charge in [0.15, 0.2) is 0 Å². The molecule has 0 amide bonds. The van der Waals surface area contributed by atoms with E-state index in [0.717, 1.165) is 22.3 Å². The van der Waals surface area contributed by atoms with Gasteiger partial charge in [-0.2, -0.15) is 10.5 Å². The number of nitriles is 2. The molecule has 0 bridgehead atoms. The van der Waals surface area contributed by atoms with Crippen molar-refractivity contribution in [3.8, 4) is 12.1 Å². The quantitative estimate of drug-likeness (QED) is 0.727. The maximum atomic E-state index is 9.96. The second-order valence-electron chi connectivity index (χ2n) is 7.57. The van der Waals surface area contributed by atoms with Gasteiger partial charge in [-0.05, 0) is 11.1 Å². The Hall–Kier alpha value is -3.10. The zero-order chi connectivity index (χ0) is 18.4. The Morgan fingerprint density at radius 2 is 1.00 bits per heavy atom. The van der Waals surface area contributed by atoms with Crippen molar-refractivity contribution in [2.75, 3.05) is 0 Å². The molecule has 0 radical (unpaired) electrons. The average molecular weight is 336 g/mol. The second-order valence-corrected chi connectivity index (χ2v) is 7.57. The van der Waals surface area contributed by atoms with Gasteiger partial charge in [-0.15, -0.1) is 0 Å². The molecule has 4 atom stereocenters. The Kier molecular flexibility index (Phi) is 3.60. The number of nitrogens with zero attached hydrogens (tertiary/aromatic N) is 2. The molecule has 4 rings (SSSR count). The van der Waals surface area contributed by atoms with Crippen LogP contribution in [0.5, 0.6) is 0 Å². The normalized spacial score (nSPS) is 32.2. The van der Waals surface area contributed by atoms with Crippen LogP contribution in [0.4, 0.5) is 0 Å². The van der Waals surface area contributed by atoms with Crippen LogP contribution in [-0.2, 0) is 0 Å². The zero-order valence-corrected chi connectivity index (χ0v) is 15.0. The zero-order valence-electron chi connectivity index (χ0n) is 15.0. The molecule has 0 aromatic heterocycles. The lowest BCUT2D eigenvalue weighted by molar-refractivity contribution is 0.171. The maximum Gasteiger partial charge on any atom is 0.0950 e. The summed E-state index contributed by atoms with van der Waals surface area (Å²) in [5.74, 6) is 0.0333. The summed E-state index contributed by atoms with van der Waals surface area (Å²) in [5, 5.41) is 19.9. The van der Waals surface area contributed by atoms with E-state index in [0.29, 0.717) is 0 Å². The van der Waals surface area contributed by atoms with Gasteiger partial charge in [-0.25, -0.2) is 0 Å². The van der Waals surface area contributed by atoms with Crippen molar-refractivity contribution < 1.29 is 0 Å². The number of allylic oxidation sites excluding steroid dienone is 4. The minimum Gasteiger partial charge on any atom is -0.193 e. The first-order valence-corrected chi connectivity index (χ1v) is 8.92. The summed E-state index contributed by atoms with van der Waals surface area (Å²) in [4.78, 5) is 0. The standard InChI is InChI=1S/C24H20N2/c1-23-19(15-25)13-22(18-11-7-4-8-12-18)24(23,2)20(16-26)14-21(23)17-9-5-3-6-10-17/h3-14,21-22H,1-2H3/t21-,22+,23+,24-. The molecule has 2 aromatic carbocycles. The van der Waals surface area contributed by atoms with Crippen molar-refractivity contribution in [3.05, 3.63) is 95.1 Å². The summed E-state index contributed by atoms with van der Waals surface area (Å²) in [6.45, 7) is 4.31. The molecule has 26 heavy (non-hydrogen) atoms. The van der Waals surface area contributed by atoms with Crippen LogP contribution in [0.2, 0.25) is 0 Å². The number of fused-ring (bicyclic) bond motifs is 1. The molecule has 0 saturated carbocycles. The lowest BCUT2D eigenvalue weighted by Crippen LogP contribution is -2.39. The first kappa shape index (κ1) is 16.4. The first-order chi connectivity index (χ1) is 12.6. The molecule has 2 nitrogen and oxygen atoms in total. The summed E-state index contributed by atoms with van der Waals surface area (Å²) in [7, 11) is 0. The molecular weight excluding hydrogens is 316 g/mol. The number of rotatable bonds is 2. The van der Waals surface area contributed by atoms with Crippen LogP contribution in [0.15, 0.2) is 84.0 Å². The Labute approximate surface area is 154 Å². The van der Waals surface area contributed by atoms with Gasteiger partial charge in [0.25, 0.3) is 0 Å². The third-order valence-electron chi connectivity index (χ3n) is 6.67. The van der Waals surface area contributed by atoms with Crippen LogP contribution in [0.1, 0.15) is 36.8 Å². The molecule has 2 aliphatic carbocycles. The van der Waals surface area contributed by atoms with E-state index in [1.54, 1.807) is 0 Å². The van der Waals surface area contributed by atoms with Gasteiger partial charge in [-0.1, -0.05) is 86.7 Å². The lowest BCUT2D eigenvalue weighted by Gasteiger charge is -2.44. The SMILES string of the molecule is C[C@@]12C(C#N)=C[C@@H](c3ccccc3)[C@@]1(C)C(C#N)=C[C@@H]2c1ccccc1. The highest BCUT2D eigenvalue weighted by Crippen LogP contribution is 2.71. The predicted molar refractivity (Wildman–Crippen MR) is 102 cm³/mol. The Balaban J connectivity index is 1.95. The van der Waals surface area contributed by atoms with Crippen LogP contribution in [0, 0.1) is 33.5 Å². The van der Waals surface area contributed by atoms with E-state index in [2.05, 4.69) is 62.4 Å². The number of hydrogen-bond acceptors (Lipinski definition) is 2. The Morgan fingerprint density at radius 3 is 1.31 bits per heavy atom. The van der Waals surface area contributed by atoms with Crippen LogP contribution >= 0.6 is 0 Å². The molecule has 126 valence electrons. The van der Waals surface area contributed by atoms with E-state index in [1.165, 1.54) is 0 Å². The van der Waals surface area contributed by atoms with Crippen molar-refractivity contribution in [3.63, 3.8) is 0 Å². The highest BCUT2D eigenvalue weighted by molar-refractivity contribution is 5.59. The minimum atomic E-state index is -0.436. The molecular formula is C24H20N2. The second kappa shape index (κ2) is 5.72. The molecule has 0 saturated heterocycles. The van der Waals surface area contributed by atoms with Gasteiger partial charge >= 0.3 is 0 Å². The highest BCUT2D eigenvalue weighted by atomic mass is 14.7. The van der Waals surface area contributed by atoms with E-state index < -0.39 is 10.8 Å². The van der Waals surface area contributed by atoms with Crippen molar-refractivity contribution in [1.29, 1.82) is 10.5 Å². The van der Waals surface area contributed by atoms with E-state index >= 15 is 0 Å². The van der Waals surface area contributed by atoms with Crippen molar-refractivity contribution >= 4 is 0 Å². The molecule has 0 heterocycles. The summed E-state index contributed by atoms with van der Waals surface area (Å²) in [6, 6.07) is 25.4. The third-order valence-corrected chi connectivity index (χ3v) is 6.67. The van der Waals surface area contributed by atoms with E-state index in [-0.39, 0.29) is 11.8 Å². The fourth-order valence-corrected chi connectivity index (χ4v) is 5.04. The summed E-state index contributed by atoms with van der Waals surface area (Å²) >= 11 is 0. The highest BCUT2D eigenvalue weighted by Gasteiger charge is 2.64. The van der Waals surface area contributed by atoms with Gasteiger partial charge in [0.1, 0.15) is 0 Å². The molecule has 2 aliphatic rings. The van der Waals surface area contributed by atoms with E-state index in [9.17, 15) is 10.5 Å². The van der Waals surface area contributed by atoms with Crippen LogP contribution in [0.25, 0.3) is 0 Å². The molecule has 2 heteroatoms. The van der Waals surface area contributed by atoms with Crippen molar-refractivity contribution in [2.45, 2.75) is 25.7 Å². The van der Waals surface area contributed by atoms with Gasteiger partial charge in [-0.3, -0.25) is 0 Å². The average Bonchev–Trinajstić information content (AvgIpc) is 3.06. The van der Waals surface area contributed by atoms with Crippen molar-refractivity contribution in [1.82, 2.24) is 0 Å². The van der Waals surface area contributed by atoms with Crippen LogP contribution in [-0.4, -0.2) is 0 Å². The third kappa shape index (κ3) is 1.91. The van der Waals surface area contributed by atoms with E-state index in [4.69, 9.17) is 0 Å². The Bertz CT molecular complexity index is 905. The fourth-order valence-electron chi connectivity index (χ4n) is 5.04. The fraction of sp³-hybridized carbons (Fsp3) is 0.250. The number of benzene rings is 2. The largest absolute Gasteiger partial charge is 0.193 e. The minimum absolute atomic E-state index is 0.0166. The van der Waals surface area contributed by atoms with Crippen LogP contribution < -0.4 is 0 Å². The maximum absolute atomic E-state index is 9.96. The molecule has 2 aromatic rings. The lowest BCUT2D eigenvalue weighted by atomic mass is 9.56. The van der Waals surface area contributed by atoms with Gasteiger partial charge in [0, 0.05) is 33.8 Å². The summed E-state index contributed by atoms with van der Waals surface area (Å²) in [5.41, 5.74) is 3.00. The van der Waals surface area contributed by atoms with Crippen LogP contribution in [0.3, 0.4) is 0 Å². The molecule has 0 aliphatic heterocycles. The van der Waals surface area contributed by atoms with Gasteiger partial charge < -0.3 is 0 Å². The topological polar surface area (TPSA) is 47.6 Å². The van der Waals surface area contributed by atoms with Gasteiger partial charge in [0.2, 0.25) is 0 Å². The molecule has 0 spiro atoms. The van der Waals surface area contributed by atoms with Crippen molar-refractivity contribution in [2.24, 2.45) is 10.8 Å². The van der Waals surface area contributed by atoms with Gasteiger partial charge in [0.05, 0.1) is 12.1 Å². The number of hydrogen-bond donors (Lipinski definition) is 0. The first-order valence-electron chi connectivity index (χ1n) is 8.92. The molecule has 0 N–H and O–H groups in total. The molecule has 0 fully saturated rings. The van der Waals surface area contributed by atoms with E-state index in [1.807, 2.05) is 36.4 Å². The Morgan fingerprint density at radius 1 is 0.654 bits per heavy atom. The smallest absolute Gasteiger partial charge is 0.0950 e. The monoisotopic (exact) mass is 336 g/mol. The predicted octanol–water partition coefficient (Wildman–Crippen LogP) is 5.49. The summed E-state index contributed by atoms with van der Waals surface area (Å²) < 4.78 is 0. The molecule has 0 unspecified atom stereocenters. The summed E-state index contributed by atoms with van der Waals surface area (Å²) in [6.07, 6.45) is 4.19.